The van der Waals surface area contributed by atoms with Crippen LogP contribution in [0, 0.1) is 11.3 Å². The molecule has 0 spiro atoms. The lowest BCUT2D eigenvalue weighted by atomic mass is 10.2. The van der Waals surface area contributed by atoms with Gasteiger partial charge in [0.05, 0.1) is 22.7 Å². The van der Waals surface area contributed by atoms with Crippen LogP contribution in [0.3, 0.4) is 0 Å². The second kappa shape index (κ2) is 8.34. The number of hydrogen-bond acceptors (Lipinski definition) is 3. The Bertz CT molecular complexity index is 418. The first-order valence-electron chi connectivity index (χ1n) is 5.81. The molecule has 0 atom stereocenters. The summed E-state index contributed by atoms with van der Waals surface area (Å²) >= 11 is 11.8. The van der Waals surface area contributed by atoms with Crippen LogP contribution in [0.25, 0.3) is 0 Å². The van der Waals surface area contributed by atoms with Crippen LogP contribution in [-0.2, 0) is 6.54 Å². The zero-order chi connectivity index (χ0) is 13.4. The van der Waals surface area contributed by atoms with E-state index in [0.717, 1.165) is 18.5 Å². The van der Waals surface area contributed by atoms with Crippen molar-refractivity contribution in [2.45, 2.75) is 19.4 Å². The van der Waals surface area contributed by atoms with E-state index < -0.39 is 0 Å². The lowest BCUT2D eigenvalue weighted by Crippen LogP contribution is -2.27. The van der Waals surface area contributed by atoms with Crippen LogP contribution in [0.4, 0.5) is 0 Å². The monoisotopic (exact) mass is 286 g/mol. The molecule has 0 aliphatic heterocycles. The van der Waals surface area contributed by atoms with Gasteiger partial charge in [0.15, 0.2) is 0 Å². The van der Waals surface area contributed by atoms with Crippen LogP contribution < -0.4 is 0 Å². The molecule has 0 aliphatic carbocycles. The molecule has 0 radical (unpaired) electrons. The lowest BCUT2D eigenvalue weighted by Gasteiger charge is -2.21. The summed E-state index contributed by atoms with van der Waals surface area (Å²) in [6.45, 7) is 2.18. The van der Waals surface area contributed by atoms with E-state index in [-0.39, 0.29) is 6.61 Å². The molecule has 5 heteroatoms. The van der Waals surface area contributed by atoms with Gasteiger partial charge in [-0.1, -0.05) is 29.3 Å². The van der Waals surface area contributed by atoms with Gasteiger partial charge < -0.3 is 5.11 Å². The molecule has 0 saturated heterocycles. The van der Waals surface area contributed by atoms with Crippen molar-refractivity contribution < 1.29 is 5.11 Å². The molecule has 1 aromatic carbocycles. The minimum Gasteiger partial charge on any atom is -0.395 e. The van der Waals surface area contributed by atoms with Gasteiger partial charge in [-0.3, -0.25) is 4.90 Å². The third kappa shape index (κ3) is 5.24. The Morgan fingerprint density at radius 2 is 2.00 bits per heavy atom. The normalized spacial score (nSPS) is 10.6. The third-order valence-electron chi connectivity index (χ3n) is 2.57. The number of nitriles is 1. The van der Waals surface area contributed by atoms with E-state index >= 15 is 0 Å². The Hall–Kier alpha value is -0.790. The number of aliphatic hydroxyl groups excluding tert-OH is 1. The molecule has 0 fully saturated rings. The van der Waals surface area contributed by atoms with Gasteiger partial charge in [-0.25, -0.2) is 0 Å². The summed E-state index contributed by atoms with van der Waals surface area (Å²) in [5.74, 6) is 0. The Labute approximate surface area is 118 Å². The fourth-order valence-electron chi connectivity index (χ4n) is 1.69. The highest BCUT2D eigenvalue weighted by atomic mass is 35.5. The number of hydrogen-bond donors (Lipinski definition) is 1. The second-order valence-electron chi connectivity index (χ2n) is 4.01. The first kappa shape index (κ1) is 15.3. The predicted octanol–water partition coefficient (Wildman–Crippen LogP) is 3.09. The summed E-state index contributed by atoms with van der Waals surface area (Å²) < 4.78 is 0. The minimum atomic E-state index is 0.105. The van der Waals surface area contributed by atoms with Crippen LogP contribution in [0.2, 0.25) is 10.0 Å². The lowest BCUT2D eigenvalue weighted by molar-refractivity contribution is 0.189. The number of rotatable bonds is 7. The molecule has 1 rings (SSSR count). The molecule has 0 aliphatic rings. The first-order valence-corrected chi connectivity index (χ1v) is 6.57. The number of nitrogens with zero attached hydrogens (tertiary/aromatic N) is 2. The quantitative estimate of drug-likeness (QED) is 0.784. The maximum Gasteiger partial charge on any atom is 0.0622 e. The van der Waals surface area contributed by atoms with Gasteiger partial charge in [-0.15, -0.1) is 0 Å². The van der Waals surface area contributed by atoms with Crippen molar-refractivity contribution in [2.24, 2.45) is 0 Å². The highest BCUT2D eigenvalue weighted by molar-refractivity contribution is 6.42. The summed E-state index contributed by atoms with van der Waals surface area (Å²) in [7, 11) is 0. The van der Waals surface area contributed by atoms with Crippen molar-refractivity contribution in [2.75, 3.05) is 19.7 Å². The van der Waals surface area contributed by atoms with Crippen molar-refractivity contribution in [1.29, 1.82) is 5.26 Å². The molecule has 0 bridgehead atoms. The molecule has 1 aromatic rings. The van der Waals surface area contributed by atoms with Crippen molar-refractivity contribution in [3.05, 3.63) is 33.8 Å². The van der Waals surface area contributed by atoms with Crippen LogP contribution in [0.1, 0.15) is 18.4 Å². The number of halogens is 2. The molecule has 0 saturated carbocycles. The first-order chi connectivity index (χ1) is 8.67. The van der Waals surface area contributed by atoms with Crippen LogP contribution >= 0.6 is 23.2 Å². The van der Waals surface area contributed by atoms with Gasteiger partial charge in [-0.2, -0.15) is 5.26 Å². The van der Waals surface area contributed by atoms with Crippen LogP contribution in [0.5, 0.6) is 0 Å². The molecule has 0 aromatic heterocycles. The van der Waals surface area contributed by atoms with Crippen LogP contribution in [0.15, 0.2) is 18.2 Å². The molecular formula is C13H16Cl2N2O. The maximum atomic E-state index is 9.02. The van der Waals surface area contributed by atoms with E-state index in [0.29, 0.717) is 29.6 Å². The molecule has 0 heterocycles. The SMILES string of the molecule is N#CCCCN(CCO)Cc1ccc(Cl)c(Cl)c1. The topological polar surface area (TPSA) is 47.3 Å². The third-order valence-corrected chi connectivity index (χ3v) is 3.31. The molecular weight excluding hydrogens is 271 g/mol. The molecule has 98 valence electrons. The van der Waals surface area contributed by atoms with E-state index in [1.807, 2.05) is 12.1 Å². The predicted molar refractivity (Wildman–Crippen MR) is 73.7 cm³/mol. The van der Waals surface area contributed by atoms with Gasteiger partial charge in [0.25, 0.3) is 0 Å². The van der Waals surface area contributed by atoms with Crippen molar-refractivity contribution >= 4 is 23.2 Å². The fraction of sp³-hybridized carbons (Fsp3) is 0.462. The van der Waals surface area contributed by atoms with E-state index in [1.165, 1.54) is 0 Å². The van der Waals surface area contributed by atoms with E-state index in [1.54, 1.807) is 6.07 Å². The molecule has 0 unspecified atom stereocenters. The van der Waals surface area contributed by atoms with Crippen molar-refractivity contribution in [1.82, 2.24) is 4.90 Å². The second-order valence-corrected chi connectivity index (χ2v) is 4.82. The van der Waals surface area contributed by atoms with Crippen molar-refractivity contribution in [3.8, 4) is 6.07 Å². The summed E-state index contributed by atoms with van der Waals surface area (Å²) in [5, 5.41) is 18.6. The van der Waals surface area contributed by atoms with Gasteiger partial charge in [0.2, 0.25) is 0 Å². The van der Waals surface area contributed by atoms with Gasteiger partial charge in [0.1, 0.15) is 0 Å². The Morgan fingerprint density at radius 1 is 1.22 bits per heavy atom. The summed E-state index contributed by atoms with van der Waals surface area (Å²) in [6.07, 6.45) is 1.33. The standard InChI is InChI=1S/C13H16Cl2N2O/c14-12-4-3-11(9-13(12)15)10-17(7-8-18)6-2-1-5-16/h3-4,9,18H,1-2,6-8,10H2. The molecule has 3 nitrogen and oxygen atoms in total. The van der Waals surface area contributed by atoms with Gasteiger partial charge >= 0.3 is 0 Å². The summed E-state index contributed by atoms with van der Waals surface area (Å²) in [6, 6.07) is 7.64. The largest absolute Gasteiger partial charge is 0.395 e. The average Bonchev–Trinajstić information content (AvgIpc) is 2.34. The number of unbranched alkanes of at least 4 members (excludes halogenated alkanes) is 1. The average molecular weight is 287 g/mol. The molecule has 0 amide bonds. The Kier molecular flexibility index (Phi) is 7.07. The fourth-order valence-corrected chi connectivity index (χ4v) is 2.01. The van der Waals surface area contributed by atoms with Gasteiger partial charge in [-0.05, 0) is 30.7 Å². The van der Waals surface area contributed by atoms with E-state index in [4.69, 9.17) is 33.6 Å². The zero-order valence-electron chi connectivity index (χ0n) is 10.1. The van der Waals surface area contributed by atoms with E-state index in [9.17, 15) is 0 Å². The van der Waals surface area contributed by atoms with Crippen LogP contribution in [-0.4, -0.2) is 29.7 Å². The van der Waals surface area contributed by atoms with Gasteiger partial charge in [0, 0.05) is 19.5 Å². The highest BCUT2D eigenvalue weighted by Crippen LogP contribution is 2.23. The maximum absolute atomic E-state index is 9.02. The highest BCUT2D eigenvalue weighted by Gasteiger charge is 2.07. The Morgan fingerprint density at radius 3 is 2.61 bits per heavy atom. The van der Waals surface area contributed by atoms with E-state index in [2.05, 4.69) is 11.0 Å². The Balaban J connectivity index is 2.58. The summed E-state index contributed by atoms with van der Waals surface area (Å²) in [5.41, 5.74) is 1.05. The number of benzene rings is 1. The molecule has 1 N–H and O–H groups in total. The summed E-state index contributed by atoms with van der Waals surface area (Å²) in [4.78, 5) is 2.09. The van der Waals surface area contributed by atoms with Crippen molar-refractivity contribution in [3.63, 3.8) is 0 Å². The number of aliphatic hydroxyl groups is 1. The molecule has 18 heavy (non-hydrogen) atoms. The zero-order valence-corrected chi connectivity index (χ0v) is 11.6. The smallest absolute Gasteiger partial charge is 0.0622 e. The minimum absolute atomic E-state index is 0.105.